The summed E-state index contributed by atoms with van der Waals surface area (Å²) in [6.45, 7) is 20.3. The highest BCUT2D eigenvalue weighted by atomic mass is 32.2. The molecule has 11 nitrogen and oxygen atoms in total. The van der Waals surface area contributed by atoms with Crippen molar-refractivity contribution < 1.29 is 37.1 Å². The molecule has 0 unspecified atom stereocenters. The van der Waals surface area contributed by atoms with E-state index in [0.717, 1.165) is 17.2 Å². The van der Waals surface area contributed by atoms with Gasteiger partial charge in [-0.2, -0.15) is 0 Å². The van der Waals surface area contributed by atoms with Crippen molar-refractivity contribution in [3.8, 4) is 11.6 Å². The van der Waals surface area contributed by atoms with E-state index in [1.54, 1.807) is 25.4 Å². The van der Waals surface area contributed by atoms with E-state index < -0.39 is 50.1 Å². The van der Waals surface area contributed by atoms with Gasteiger partial charge in [0.25, 0.3) is 0 Å². The van der Waals surface area contributed by atoms with E-state index in [0.29, 0.717) is 30.9 Å². The van der Waals surface area contributed by atoms with E-state index in [1.807, 2.05) is 39.0 Å². The van der Waals surface area contributed by atoms with Gasteiger partial charge >= 0.3 is 0 Å². The molecule has 1 saturated heterocycles. The molecule has 5 rings (SSSR count). The number of pyridine rings is 1. The number of sulfonamides is 1. The Morgan fingerprint density at radius 1 is 1.07 bits per heavy atom. The number of likely N-dealkylation sites (tertiary alicyclic amines) is 1. The Kier molecular flexibility index (Phi) is 11.5. The van der Waals surface area contributed by atoms with Gasteiger partial charge in [0.15, 0.2) is 5.78 Å². The van der Waals surface area contributed by atoms with Gasteiger partial charge in [-0.25, -0.2) is 13.4 Å². The maximum absolute atomic E-state index is 14.8. The van der Waals surface area contributed by atoms with Crippen LogP contribution in [0.1, 0.15) is 107 Å². The lowest BCUT2D eigenvalue weighted by Crippen LogP contribution is -2.48. The molecule has 1 N–H and O–H groups in total. The van der Waals surface area contributed by atoms with E-state index in [-0.39, 0.29) is 66.4 Å². The van der Waals surface area contributed by atoms with Crippen LogP contribution in [0.3, 0.4) is 0 Å². The lowest BCUT2D eigenvalue weighted by atomic mass is 9.71. The number of Topliss-reactive ketones (excluding diaryl/α,β-unsaturated/α-hetero) is 2. The summed E-state index contributed by atoms with van der Waals surface area (Å²) in [6, 6.07) is 6.40. The number of methoxy groups -OCH3 is 1. The molecule has 0 radical (unpaired) electrons. The van der Waals surface area contributed by atoms with Crippen molar-refractivity contribution in [3.05, 3.63) is 43.1 Å². The largest absolute Gasteiger partial charge is 0.497 e. The second-order valence-electron chi connectivity index (χ2n) is 18.9. The molecule has 5 atom stereocenters. The quantitative estimate of drug-likeness (QED) is 0.182. The molecule has 2 saturated carbocycles. The van der Waals surface area contributed by atoms with Gasteiger partial charge in [0.2, 0.25) is 27.7 Å². The minimum absolute atomic E-state index is 0.0120. The zero-order valence-corrected chi connectivity index (χ0v) is 34.3. The topological polar surface area (TPSA) is 149 Å². The number of hydrogen-bond acceptors (Lipinski definition) is 9. The number of aromatic nitrogens is 1. The summed E-state index contributed by atoms with van der Waals surface area (Å²) in [7, 11) is -2.26. The zero-order valence-electron chi connectivity index (χ0n) is 33.5. The van der Waals surface area contributed by atoms with Crippen LogP contribution in [0.25, 0.3) is 10.8 Å². The van der Waals surface area contributed by atoms with Gasteiger partial charge in [-0.05, 0) is 77.5 Å². The zero-order chi connectivity index (χ0) is 40.0. The molecule has 296 valence electrons. The molecule has 2 aromatic rings. The van der Waals surface area contributed by atoms with Crippen molar-refractivity contribution in [2.75, 3.05) is 13.7 Å². The fraction of sp³-hybridized carbons (Fsp3) is 0.643. The molecule has 54 heavy (non-hydrogen) atoms. The number of ether oxygens (including phenoxy) is 2. The molecule has 0 bridgehead atoms. The van der Waals surface area contributed by atoms with Crippen molar-refractivity contribution >= 4 is 44.2 Å². The Balaban J connectivity index is 1.44. The number of carbonyl (C=O) groups is 4. The van der Waals surface area contributed by atoms with Crippen molar-refractivity contribution in [2.24, 2.45) is 33.5 Å². The van der Waals surface area contributed by atoms with Crippen LogP contribution in [-0.2, 0) is 29.2 Å². The van der Waals surface area contributed by atoms with Crippen LogP contribution >= 0.6 is 0 Å². The summed E-state index contributed by atoms with van der Waals surface area (Å²) in [6.07, 6.45) is 4.90. The highest BCUT2D eigenvalue weighted by Gasteiger charge is 2.61. The smallest absolute Gasteiger partial charge is 0.240 e. The first-order valence-corrected chi connectivity index (χ1v) is 20.7. The van der Waals surface area contributed by atoms with E-state index in [1.165, 1.54) is 4.90 Å². The first-order valence-electron chi connectivity index (χ1n) is 19.1. The van der Waals surface area contributed by atoms with Crippen LogP contribution in [0, 0.1) is 33.5 Å². The van der Waals surface area contributed by atoms with E-state index in [2.05, 4.69) is 50.9 Å². The van der Waals surface area contributed by atoms with E-state index in [4.69, 9.17) is 9.47 Å². The molecule has 3 aliphatic rings. The van der Waals surface area contributed by atoms with Gasteiger partial charge in [0, 0.05) is 43.2 Å². The standard InChI is InChI=1S/C42H59N3O8S/c1-11-27-21-42(27,38(49)44-54(50,51)31-13-14-31)23-35(47)34-20-30(53-36-32-15-12-29(52-10)18-26(32)16-17-43-36)24-45(34)37(48)33(40(5,6)7)19-28(46)22-41(8,9)25-39(2,3)4/h11-12,15-18,27,30-31,33-34H,1,13-14,19-25H2,2-10H3,(H,44,49)/t27-,30-,33-,34+,42-/m1/s1. The van der Waals surface area contributed by atoms with Crippen molar-refractivity contribution in [1.82, 2.24) is 14.6 Å². The molecule has 2 aliphatic carbocycles. The van der Waals surface area contributed by atoms with Gasteiger partial charge in [-0.1, -0.05) is 61.5 Å². The maximum atomic E-state index is 14.8. The SMILES string of the molecule is C=C[C@@H]1C[C@]1(CC(=O)[C@@H]1C[C@@H](Oc2nccc3cc(OC)ccc23)CN1C(=O)[C@@H](CC(=O)CC(C)(C)CC(C)(C)C)C(C)(C)C)C(=O)NS(=O)(=O)C1CC1. The number of carbonyl (C=O) groups excluding carboxylic acids is 4. The molecule has 2 amide bonds. The number of nitrogens with zero attached hydrogens (tertiary/aromatic N) is 2. The average molecular weight is 766 g/mol. The highest BCUT2D eigenvalue weighted by Crippen LogP contribution is 2.57. The molecule has 1 aromatic carbocycles. The third kappa shape index (κ3) is 9.52. The average Bonchev–Trinajstić information content (AvgIpc) is 3.98. The highest BCUT2D eigenvalue weighted by molar-refractivity contribution is 7.90. The van der Waals surface area contributed by atoms with Gasteiger partial charge in [0.1, 0.15) is 17.6 Å². The molecular formula is C42H59N3O8S. The molecule has 12 heteroatoms. The summed E-state index contributed by atoms with van der Waals surface area (Å²) in [5.74, 6) is -1.50. The monoisotopic (exact) mass is 765 g/mol. The Morgan fingerprint density at radius 2 is 1.76 bits per heavy atom. The number of allylic oxidation sites excluding steroid dienone is 1. The van der Waals surface area contributed by atoms with Crippen LogP contribution in [0.15, 0.2) is 43.1 Å². The minimum Gasteiger partial charge on any atom is -0.497 e. The molecule has 2 heterocycles. The predicted molar refractivity (Wildman–Crippen MR) is 208 cm³/mol. The lowest BCUT2D eigenvalue weighted by Gasteiger charge is -2.36. The van der Waals surface area contributed by atoms with E-state index in [9.17, 15) is 27.6 Å². The number of hydrogen-bond donors (Lipinski definition) is 1. The Hall–Kier alpha value is -3.80. The molecule has 1 aliphatic heterocycles. The van der Waals surface area contributed by atoms with Gasteiger partial charge in [-0.3, -0.25) is 23.9 Å². The summed E-state index contributed by atoms with van der Waals surface area (Å²) in [5, 5.41) is 0.981. The summed E-state index contributed by atoms with van der Waals surface area (Å²) in [4.78, 5) is 62.6. The Labute approximate surface area is 321 Å². The molecular weight excluding hydrogens is 707 g/mol. The third-order valence-corrected chi connectivity index (χ3v) is 13.0. The molecule has 1 aromatic heterocycles. The fourth-order valence-corrected chi connectivity index (χ4v) is 9.93. The fourth-order valence-electron chi connectivity index (χ4n) is 8.54. The minimum atomic E-state index is -3.85. The number of ketones is 2. The second kappa shape index (κ2) is 15.0. The summed E-state index contributed by atoms with van der Waals surface area (Å²) in [5.41, 5.74) is -2.14. The number of nitrogens with one attached hydrogen (secondary N) is 1. The third-order valence-electron chi connectivity index (χ3n) is 11.1. The van der Waals surface area contributed by atoms with Crippen molar-refractivity contribution in [3.63, 3.8) is 0 Å². The lowest BCUT2D eigenvalue weighted by molar-refractivity contribution is -0.146. The Bertz CT molecular complexity index is 1910. The first kappa shape index (κ1) is 41.4. The normalized spacial score (nSPS) is 23.8. The van der Waals surface area contributed by atoms with Gasteiger partial charge in [-0.15, -0.1) is 6.58 Å². The number of benzene rings is 1. The van der Waals surface area contributed by atoms with Crippen LogP contribution in [0.5, 0.6) is 11.6 Å². The molecule has 0 spiro atoms. The van der Waals surface area contributed by atoms with Gasteiger partial charge in [0.05, 0.1) is 30.4 Å². The number of fused-ring (bicyclic) bond motifs is 1. The van der Waals surface area contributed by atoms with Crippen LogP contribution < -0.4 is 14.2 Å². The molecule has 3 fully saturated rings. The predicted octanol–water partition coefficient (Wildman–Crippen LogP) is 6.83. The Morgan fingerprint density at radius 3 is 2.33 bits per heavy atom. The first-order chi connectivity index (χ1) is 25.0. The summed E-state index contributed by atoms with van der Waals surface area (Å²) < 4.78 is 39.6. The van der Waals surface area contributed by atoms with Crippen LogP contribution in [-0.4, -0.2) is 72.7 Å². The van der Waals surface area contributed by atoms with Crippen LogP contribution in [0.2, 0.25) is 0 Å². The van der Waals surface area contributed by atoms with Crippen LogP contribution in [0.4, 0.5) is 0 Å². The maximum Gasteiger partial charge on any atom is 0.240 e. The van der Waals surface area contributed by atoms with Crippen molar-refractivity contribution in [1.29, 1.82) is 0 Å². The van der Waals surface area contributed by atoms with Gasteiger partial charge < -0.3 is 14.4 Å². The number of rotatable bonds is 16. The second-order valence-corrected chi connectivity index (χ2v) is 20.9. The summed E-state index contributed by atoms with van der Waals surface area (Å²) >= 11 is 0. The number of amides is 2. The van der Waals surface area contributed by atoms with Crippen molar-refractivity contribution in [2.45, 2.75) is 124 Å². The van der Waals surface area contributed by atoms with E-state index >= 15 is 0 Å².